The van der Waals surface area contributed by atoms with E-state index < -0.39 is 26.4 Å². The van der Waals surface area contributed by atoms with Crippen molar-refractivity contribution in [3.63, 3.8) is 0 Å². The molecule has 0 saturated heterocycles. The normalized spacial score (nSPS) is 11.8. The van der Waals surface area contributed by atoms with Crippen molar-refractivity contribution in [3.05, 3.63) is 77.5 Å². The van der Waals surface area contributed by atoms with E-state index in [1.807, 2.05) is 30.5 Å². The van der Waals surface area contributed by atoms with Gasteiger partial charge in [-0.3, -0.25) is 0 Å². The van der Waals surface area contributed by atoms with Crippen LogP contribution >= 0.6 is 0 Å². The van der Waals surface area contributed by atoms with E-state index in [2.05, 4.69) is 25.6 Å². The van der Waals surface area contributed by atoms with Crippen LogP contribution in [-0.4, -0.2) is 30.4 Å². The second kappa shape index (κ2) is 8.15. The molecule has 2 aromatic carbocycles. The third kappa shape index (κ3) is 4.38. The van der Waals surface area contributed by atoms with Gasteiger partial charge in [0, 0.05) is 47.7 Å². The molecule has 7 nitrogen and oxygen atoms in total. The molecule has 0 saturated carbocycles. The molecule has 0 atom stereocenters. The SMILES string of the molecule is CNc1nc(Nc2ccc3cc[nH]c3c2)ncc1C=CS(=O)(=O)c1ccc(F)cc1F. The largest absolute Gasteiger partial charge is 0.372 e. The van der Waals surface area contributed by atoms with Gasteiger partial charge < -0.3 is 15.6 Å². The van der Waals surface area contributed by atoms with Gasteiger partial charge in [0.25, 0.3) is 0 Å². The first-order valence-electron chi connectivity index (χ1n) is 9.13. The van der Waals surface area contributed by atoms with Gasteiger partial charge in [-0.05, 0) is 41.8 Å². The van der Waals surface area contributed by atoms with E-state index in [1.54, 1.807) is 7.05 Å². The molecule has 0 aliphatic heterocycles. The number of fused-ring (bicyclic) bond motifs is 1. The zero-order valence-electron chi connectivity index (χ0n) is 16.2. The van der Waals surface area contributed by atoms with Crippen molar-refractivity contribution in [2.75, 3.05) is 17.7 Å². The molecule has 10 heteroatoms. The number of sulfone groups is 1. The first kappa shape index (κ1) is 20.5. The number of nitrogens with one attached hydrogen (secondary N) is 3. The minimum atomic E-state index is -4.13. The van der Waals surface area contributed by atoms with Crippen LogP contribution in [0, 0.1) is 11.6 Å². The Hall–Kier alpha value is -3.79. The minimum absolute atomic E-state index is 0.305. The molecule has 158 valence electrons. The lowest BCUT2D eigenvalue weighted by atomic mass is 10.2. The van der Waals surface area contributed by atoms with E-state index in [9.17, 15) is 17.2 Å². The van der Waals surface area contributed by atoms with E-state index in [-0.39, 0.29) is 0 Å². The predicted molar refractivity (Wildman–Crippen MR) is 116 cm³/mol. The Balaban J connectivity index is 1.59. The van der Waals surface area contributed by atoms with Gasteiger partial charge in [-0.1, -0.05) is 6.07 Å². The molecule has 4 aromatic rings. The summed E-state index contributed by atoms with van der Waals surface area (Å²) in [7, 11) is -2.50. The molecule has 3 N–H and O–H groups in total. The van der Waals surface area contributed by atoms with Crippen LogP contribution in [-0.2, 0) is 9.84 Å². The lowest BCUT2D eigenvalue weighted by Crippen LogP contribution is -2.03. The summed E-state index contributed by atoms with van der Waals surface area (Å²) in [5, 5.41) is 7.86. The molecule has 2 aromatic heterocycles. The van der Waals surface area contributed by atoms with Gasteiger partial charge in [0.15, 0.2) is 0 Å². The van der Waals surface area contributed by atoms with Gasteiger partial charge >= 0.3 is 0 Å². The maximum absolute atomic E-state index is 13.9. The highest BCUT2D eigenvalue weighted by Gasteiger charge is 2.17. The van der Waals surface area contributed by atoms with Crippen LogP contribution < -0.4 is 10.6 Å². The monoisotopic (exact) mass is 441 g/mol. The Bertz CT molecular complexity index is 1400. The Labute approximate surface area is 176 Å². The Morgan fingerprint density at radius 1 is 1.10 bits per heavy atom. The van der Waals surface area contributed by atoms with E-state index in [0.717, 1.165) is 34.1 Å². The van der Waals surface area contributed by atoms with Crippen molar-refractivity contribution in [3.8, 4) is 0 Å². The Kier molecular flexibility index (Phi) is 5.38. The Morgan fingerprint density at radius 2 is 1.94 bits per heavy atom. The molecule has 0 bridgehead atoms. The molecule has 0 radical (unpaired) electrons. The summed E-state index contributed by atoms with van der Waals surface area (Å²) < 4.78 is 51.7. The van der Waals surface area contributed by atoms with E-state index in [0.29, 0.717) is 23.4 Å². The molecule has 2 heterocycles. The lowest BCUT2D eigenvalue weighted by molar-refractivity contribution is 0.552. The molecular weight excluding hydrogens is 424 g/mol. The van der Waals surface area contributed by atoms with Gasteiger partial charge in [-0.25, -0.2) is 22.2 Å². The predicted octanol–water partition coefficient (Wildman–Crippen LogP) is 4.47. The average molecular weight is 441 g/mol. The Morgan fingerprint density at radius 3 is 2.71 bits per heavy atom. The van der Waals surface area contributed by atoms with Crippen LogP contribution in [0.5, 0.6) is 0 Å². The van der Waals surface area contributed by atoms with E-state index in [1.165, 1.54) is 12.3 Å². The zero-order chi connectivity index (χ0) is 22.0. The number of benzene rings is 2. The third-order valence-corrected chi connectivity index (χ3v) is 5.93. The standard InChI is InChI=1S/C21H17F2N5O2S/c1-24-20-14(7-9-31(29,30)19-5-3-15(22)10-17(19)23)12-26-21(28-20)27-16-4-2-13-6-8-25-18(13)11-16/h2-12,25H,1H3,(H2,24,26,27,28). The maximum atomic E-state index is 13.9. The minimum Gasteiger partial charge on any atom is -0.372 e. The van der Waals surface area contributed by atoms with Crippen molar-refractivity contribution < 1.29 is 17.2 Å². The third-order valence-electron chi connectivity index (χ3n) is 4.49. The van der Waals surface area contributed by atoms with Gasteiger partial charge in [-0.15, -0.1) is 0 Å². The van der Waals surface area contributed by atoms with Crippen molar-refractivity contribution in [2.45, 2.75) is 4.90 Å². The van der Waals surface area contributed by atoms with Crippen LogP contribution in [0.1, 0.15) is 5.56 Å². The molecule has 4 rings (SSSR count). The molecule has 0 aliphatic rings. The smallest absolute Gasteiger partial charge is 0.229 e. The summed E-state index contributed by atoms with van der Waals surface area (Å²) in [4.78, 5) is 11.1. The quantitative estimate of drug-likeness (QED) is 0.382. The second-order valence-corrected chi connectivity index (χ2v) is 8.38. The van der Waals surface area contributed by atoms with Gasteiger partial charge in [0.1, 0.15) is 22.3 Å². The van der Waals surface area contributed by atoms with Gasteiger partial charge in [0.2, 0.25) is 15.8 Å². The molecule has 0 unspecified atom stereocenters. The highest BCUT2D eigenvalue weighted by molar-refractivity contribution is 7.94. The number of anilines is 3. The average Bonchev–Trinajstić information content (AvgIpc) is 3.20. The molecule has 0 aliphatic carbocycles. The highest BCUT2D eigenvalue weighted by atomic mass is 32.2. The number of hydrogen-bond donors (Lipinski definition) is 3. The maximum Gasteiger partial charge on any atom is 0.229 e. The number of aromatic amines is 1. The molecule has 0 spiro atoms. The molecular formula is C21H17F2N5O2S. The number of halogens is 2. The highest BCUT2D eigenvalue weighted by Crippen LogP contribution is 2.23. The number of aromatic nitrogens is 3. The van der Waals surface area contributed by atoms with Crippen molar-refractivity contribution >= 4 is 44.3 Å². The fraction of sp³-hybridized carbons (Fsp3) is 0.0476. The molecule has 31 heavy (non-hydrogen) atoms. The van der Waals surface area contributed by atoms with Crippen LogP contribution in [0.25, 0.3) is 17.0 Å². The van der Waals surface area contributed by atoms with Gasteiger partial charge in [-0.2, -0.15) is 4.98 Å². The van der Waals surface area contributed by atoms with Crippen molar-refractivity contribution in [2.24, 2.45) is 0 Å². The first-order valence-corrected chi connectivity index (χ1v) is 10.7. The summed E-state index contributed by atoms with van der Waals surface area (Å²) >= 11 is 0. The summed E-state index contributed by atoms with van der Waals surface area (Å²) in [6.07, 6.45) is 4.52. The summed E-state index contributed by atoms with van der Waals surface area (Å²) in [5.41, 5.74) is 2.10. The van der Waals surface area contributed by atoms with Crippen molar-refractivity contribution in [1.82, 2.24) is 15.0 Å². The lowest BCUT2D eigenvalue weighted by Gasteiger charge is -2.09. The fourth-order valence-corrected chi connectivity index (χ4v) is 4.03. The van der Waals surface area contributed by atoms with Gasteiger partial charge in [0.05, 0.1) is 0 Å². The van der Waals surface area contributed by atoms with Crippen LogP contribution in [0.2, 0.25) is 0 Å². The summed E-state index contributed by atoms with van der Waals surface area (Å²) in [6.45, 7) is 0. The van der Waals surface area contributed by atoms with Crippen LogP contribution in [0.15, 0.2) is 65.2 Å². The first-order chi connectivity index (χ1) is 14.9. The van der Waals surface area contributed by atoms with E-state index >= 15 is 0 Å². The topological polar surface area (TPSA) is 99.8 Å². The number of H-pyrrole nitrogens is 1. The molecule has 0 fully saturated rings. The molecule has 0 amide bonds. The van der Waals surface area contributed by atoms with Crippen molar-refractivity contribution in [1.29, 1.82) is 0 Å². The second-order valence-electron chi connectivity index (χ2n) is 6.57. The van der Waals surface area contributed by atoms with Crippen LogP contribution in [0.3, 0.4) is 0 Å². The van der Waals surface area contributed by atoms with E-state index in [4.69, 9.17) is 0 Å². The summed E-state index contributed by atoms with van der Waals surface area (Å²) in [5.74, 6) is -1.34. The number of hydrogen-bond acceptors (Lipinski definition) is 6. The van der Waals surface area contributed by atoms with Crippen LogP contribution in [0.4, 0.5) is 26.2 Å². The fourth-order valence-electron chi connectivity index (χ4n) is 2.97. The zero-order valence-corrected chi connectivity index (χ0v) is 17.0. The number of rotatable bonds is 6. The number of nitrogens with zero attached hydrogens (tertiary/aromatic N) is 2. The summed E-state index contributed by atoms with van der Waals surface area (Å²) in [6, 6.07) is 10.00.